The summed E-state index contributed by atoms with van der Waals surface area (Å²) in [6, 6.07) is -0.138. The maximum Gasteiger partial charge on any atom is 0.222 e. The van der Waals surface area contributed by atoms with E-state index in [-0.39, 0.29) is 24.5 Å². The molecule has 0 bridgehead atoms. The first kappa shape index (κ1) is 13.0. The van der Waals surface area contributed by atoms with Gasteiger partial charge in [0.15, 0.2) is 5.65 Å². The molecule has 106 valence electrons. The minimum Gasteiger partial charge on any atom is -0.396 e. The summed E-state index contributed by atoms with van der Waals surface area (Å²) in [5.41, 5.74) is 8.52. The SMILES string of the molecule is C=C1C(CO)C(O)CC1n1cnc2c(C)nc(N)nc21. The van der Waals surface area contributed by atoms with Crippen LogP contribution in [0.3, 0.4) is 0 Å². The van der Waals surface area contributed by atoms with Crippen molar-refractivity contribution in [2.24, 2.45) is 5.92 Å². The molecule has 7 heteroatoms. The summed E-state index contributed by atoms with van der Waals surface area (Å²) in [6.07, 6.45) is 1.54. The second-order valence-electron chi connectivity index (χ2n) is 5.17. The van der Waals surface area contributed by atoms with E-state index in [0.717, 1.165) is 5.57 Å². The molecule has 3 atom stereocenters. The largest absolute Gasteiger partial charge is 0.396 e. The second kappa shape index (κ2) is 4.53. The molecule has 3 unspecified atom stereocenters. The maximum atomic E-state index is 10.00. The predicted octanol–water partition coefficient (Wildman–Crippen LogP) is 0.187. The van der Waals surface area contributed by atoms with Crippen LogP contribution in [0.15, 0.2) is 18.5 Å². The normalized spacial score (nSPS) is 26.6. The van der Waals surface area contributed by atoms with E-state index < -0.39 is 6.10 Å². The van der Waals surface area contributed by atoms with Crippen LogP contribution >= 0.6 is 0 Å². The second-order valence-corrected chi connectivity index (χ2v) is 5.17. The zero-order chi connectivity index (χ0) is 14.4. The Morgan fingerprint density at radius 1 is 1.50 bits per heavy atom. The molecule has 20 heavy (non-hydrogen) atoms. The molecule has 1 fully saturated rings. The van der Waals surface area contributed by atoms with Crippen molar-refractivity contribution >= 4 is 17.1 Å². The highest BCUT2D eigenvalue weighted by Crippen LogP contribution is 2.40. The van der Waals surface area contributed by atoms with Crippen LogP contribution in [0.4, 0.5) is 5.95 Å². The molecule has 0 aliphatic heterocycles. The van der Waals surface area contributed by atoms with Gasteiger partial charge in [-0.3, -0.25) is 0 Å². The molecule has 4 N–H and O–H groups in total. The monoisotopic (exact) mass is 275 g/mol. The average molecular weight is 275 g/mol. The number of rotatable bonds is 2. The number of fused-ring (bicyclic) bond motifs is 1. The summed E-state index contributed by atoms with van der Waals surface area (Å²) in [5, 5.41) is 19.3. The predicted molar refractivity (Wildman–Crippen MR) is 73.8 cm³/mol. The van der Waals surface area contributed by atoms with Crippen molar-refractivity contribution in [3.05, 3.63) is 24.2 Å². The molecule has 7 nitrogen and oxygen atoms in total. The van der Waals surface area contributed by atoms with Gasteiger partial charge < -0.3 is 20.5 Å². The summed E-state index contributed by atoms with van der Waals surface area (Å²) in [5.74, 6) is -0.114. The van der Waals surface area contributed by atoms with Gasteiger partial charge in [-0.2, -0.15) is 4.98 Å². The minimum atomic E-state index is -0.602. The Morgan fingerprint density at radius 2 is 2.25 bits per heavy atom. The Hall–Kier alpha value is -1.99. The summed E-state index contributed by atoms with van der Waals surface area (Å²) >= 11 is 0. The van der Waals surface area contributed by atoms with Crippen molar-refractivity contribution in [3.63, 3.8) is 0 Å². The van der Waals surface area contributed by atoms with Gasteiger partial charge in [0, 0.05) is 5.92 Å². The molecule has 1 saturated carbocycles. The highest BCUT2D eigenvalue weighted by atomic mass is 16.3. The number of imidazole rings is 1. The molecule has 1 aliphatic carbocycles. The molecular weight excluding hydrogens is 258 g/mol. The van der Waals surface area contributed by atoms with E-state index in [2.05, 4.69) is 21.5 Å². The molecule has 0 saturated heterocycles. The number of nitrogen functional groups attached to an aromatic ring is 1. The van der Waals surface area contributed by atoms with Gasteiger partial charge in [-0.1, -0.05) is 6.58 Å². The van der Waals surface area contributed by atoms with Crippen LogP contribution in [0.1, 0.15) is 18.2 Å². The van der Waals surface area contributed by atoms with Crippen LogP contribution in [0.5, 0.6) is 0 Å². The van der Waals surface area contributed by atoms with Gasteiger partial charge in [-0.25, -0.2) is 9.97 Å². The van der Waals surface area contributed by atoms with E-state index in [1.54, 1.807) is 6.33 Å². The van der Waals surface area contributed by atoms with Gasteiger partial charge >= 0.3 is 0 Å². The highest BCUT2D eigenvalue weighted by Gasteiger charge is 2.37. The Balaban J connectivity index is 2.10. The van der Waals surface area contributed by atoms with Crippen LogP contribution in [0, 0.1) is 12.8 Å². The third-order valence-corrected chi connectivity index (χ3v) is 3.98. The fourth-order valence-electron chi connectivity index (χ4n) is 2.88. The Bertz CT molecular complexity index is 681. The summed E-state index contributed by atoms with van der Waals surface area (Å²) in [7, 11) is 0. The first-order chi connectivity index (χ1) is 9.52. The van der Waals surface area contributed by atoms with E-state index in [0.29, 0.717) is 23.3 Å². The van der Waals surface area contributed by atoms with Gasteiger partial charge in [0.1, 0.15) is 5.52 Å². The van der Waals surface area contributed by atoms with Crippen molar-refractivity contribution in [3.8, 4) is 0 Å². The number of hydrogen-bond acceptors (Lipinski definition) is 6. The van der Waals surface area contributed by atoms with Gasteiger partial charge in [0.2, 0.25) is 5.95 Å². The van der Waals surface area contributed by atoms with Gasteiger partial charge in [-0.05, 0) is 18.9 Å². The van der Waals surface area contributed by atoms with Gasteiger partial charge in [0.25, 0.3) is 0 Å². The zero-order valence-electron chi connectivity index (χ0n) is 11.2. The molecule has 0 spiro atoms. The van der Waals surface area contributed by atoms with Crippen LogP contribution in [0.2, 0.25) is 0 Å². The molecule has 0 radical (unpaired) electrons. The van der Waals surface area contributed by atoms with E-state index >= 15 is 0 Å². The first-order valence-electron chi connectivity index (χ1n) is 6.47. The van der Waals surface area contributed by atoms with Crippen LogP contribution in [0.25, 0.3) is 11.2 Å². The Kier molecular flexibility index (Phi) is 2.95. The van der Waals surface area contributed by atoms with E-state index in [4.69, 9.17) is 5.73 Å². The van der Waals surface area contributed by atoms with Gasteiger partial charge in [-0.15, -0.1) is 0 Å². The highest BCUT2D eigenvalue weighted by molar-refractivity contribution is 5.74. The maximum absolute atomic E-state index is 10.00. The molecule has 2 aromatic heterocycles. The van der Waals surface area contributed by atoms with Crippen molar-refractivity contribution in [1.29, 1.82) is 0 Å². The van der Waals surface area contributed by atoms with Crippen molar-refractivity contribution in [1.82, 2.24) is 19.5 Å². The van der Waals surface area contributed by atoms with Crippen LogP contribution in [-0.2, 0) is 0 Å². The zero-order valence-corrected chi connectivity index (χ0v) is 11.2. The van der Waals surface area contributed by atoms with Crippen molar-refractivity contribution in [2.75, 3.05) is 12.3 Å². The number of hydrogen-bond donors (Lipinski definition) is 3. The van der Waals surface area contributed by atoms with Crippen molar-refractivity contribution < 1.29 is 10.2 Å². The summed E-state index contributed by atoms with van der Waals surface area (Å²) in [4.78, 5) is 12.6. The van der Waals surface area contributed by atoms with E-state index in [9.17, 15) is 10.2 Å². The lowest BCUT2D eigenvalue weighted by Gasteiger charge is -2.15. The third kappa shape index (κ3) is 1.78. The molecular formula is C13H17N5O2. The number of nitrogens with zero attached hydrogens (tertiary/aromatic N) is 4. The number of nitrogens with two attached hydrogens (primary N) is 1. The Morgan fingerprint density at radius 3 is 2.90 bits per heavy atom. The molecule has 2 aromatic rings. The minimum absolute atomic E-state index is 0.112. The van der Waals surface area contributed by atoms with Crippen molar-refractivity contribution in [2.45, 2.75) is 25.5 Å². The number of aryl methyl sites for hydroxylation is 1. The fourth-order valence-corrected chi connectivity index (χ4v) is 2.88. The lowest BCUT2D eigenvalue weighted by atomic mass is 10.0. The lowest BCUT2D eigenvalue weighted by molar-refractivity contribution is 0.101. The molecule has 0 aromatic carbocycles. The smallest absolute Gasteiger partial charge is 0.222 e. The number of anilines is 1. The molecule has 2 heterocycles. The molecule has 3 rings (SSSR count). The van der Waals surface area contributed by atoms with Crippen LogP contribution in [-0.4, -0.2) is 42.4 Å². The van der Waals surface area contributed by atoms with Gasteiger partial charge in [0.05, 0.1) is 30.8 Å². The Labute approximate surface area is 115 Å². The lowest BCUT2D eigenvalue weighted by Crippen LogP contribution is -2.17. The number of aromatic nitrogens is 4. The fraction of sp³-hybridized carbons (Fsp3) is 0.462. The number of aliphatic hydroxyl groups excluding tert-OH is 2. The standard InChI is InChI=1S/C13H17N5O2/c1-6-8(4-19)10(20)3-9(6)18-5-15-11-7(2)16-13(14)17-12(11)18/h5,8-10,19-20H,1,3-4H2,2H3,(H2,14,16,17). The average Bonchev–Trinajstić information content (AvgIpc) is 2.91. The third-order valence-electron chi connectivity index (χ3n) is 3.98. The molecule has 1 aliphatic rings. The van der Waals surface area contributed by atoms with Crippen LogP contribution < -0.4 is 5.73 Å². The molecule has 0 amide bonds. The summed E-state index contributed by atoms with van der Waals surface area (Å²) in [6.45, 7) is 5.72. The summed E-state index contributed by atoms with van der Waals surface area (Å²) < 4.78 is 1.85. The topological polar surface area (TPSA) is 110 Å². The van der Waals surface area contributed by atoms with E-state index in [1.807, 2.05) is 11.5 Å². The number of aliphatic hydroxyl groups is 2. The van der Waals surface area contributed by atoms with E-state index in [1.165, 1.54) is 0 Å². The first-order valence-corrected chi connectivity index (χ1v) is 6.47. The quantitative estimate of drug-likeness (QED) is 0.675.